The molecule has 3 N–H and O–H groups in total. The zero-order valence-electron chi connectivity index (χ0n) is 32.4. The maximum Gasteiger partial charge on any atom is 0.472 e. The largest absolute Gasteiger partial charge is 0.472 e. The maximum atomic E-state index is 12.5. The summed E-state index contributed by atoms with van der Waals surface area (Å²) in [7, 11) is -4.37. The summed E-state index contributed by atoms with van der Waals surface area (Å²) >= 11 is 0. The summed E-state index contributed by atoms with van der Waals surface area (Å²) in [5, 5.41) is 0. The van der Waals surface area contributed by atoms with Crippen molar-refractivity contribution in [1.82, 2.24) is 0 Å². The van der Waals surface area contributed by atoms with Crippen LogP contribution in [-0.4, -0.2) is 49.3 Å². The van der Waals surface area contributed by atoms with E-state index in [1.54, 1.807) is 0 Å². The highest BCUT2D eigenvalue weighted by Gasteiger charge is 2.26. The van der Waals surface area contributed by atoms with Crippen LogP contribution in [0, 0.1) is 0 Å². The summed E-state index contributed by atoms with van der Waals surface area (Å²) < 4.78 is 32.7. The lowest BCUT2D eigenvalue weighted by Gasteiger charge is -2.19. The predicted molar refractivity (Wildman–Crippen MR) is 206 cm³/mol. The minimum Gasteiger partial charge on any atom is -0.462 e. The molecule has 0 spiro atoms. The van der Waals surface area contributed by atoms with Gasteiger partial charge < -0.3 is 20.1 Å². The quantitative estimate of drug-likeness (QED) is 0.0274. The first-order valence-electron chi connectivity index (χ1n) is 20.7. The zero-order valence-corrected chi connectivity index (χ0v) is 33.3. The average molecular weight is 732 g/mol. The van der Waals surface area contributed by atoms with Crippen LogP contribution in [0.25, 0.3) is 0 Å². The Morgan fingerprint density at radius 3 is 1.42 bits per heavy atom. The zero-order chi connectivity index (χ0) is 36.8. The van der Waals surface area contributed by atoms with Gasteiger partial charge in [0.1, 0.15) is 6.61 Å². The molecular formula is C40H78NO8P. The van der Waals surface area contributed by atoms with Crippen LogP contribution in [0.4, 0.5) is 0 Å². The minimum absolute atomic E-state index is 0.0553. The summed E-state index contributed by atoms with van der Waals surface area (Å²) in [5.41, 5.74) is 5.34. The van der Waals surface area contributed by atoms with E-state index < -0.39 is 26.5 Å². The van der Waals surface area contributed by atoms with Crippen LogP contribution in [0.3, 0.4) is 0 Å². The van der Waals surface area contributed by atoms with Gasteiger partial charge >= 0.3 is 19.8 Å². The molecule has 0 aliphatic carbocycles. The molecule has 0 rings (SSSR count). The number of rotatable bonds is 39. The fourth-order valence-corrected chi connectivity index (χ4v) is 6.57. The molecule has 9 nitrogen and oxygen atoms in total. The lowest BCUT2D eigenvalue weighted by atomic mass is 10.0. The van der Waals surface area contributed by atoms with E-state index >= 15 is 0 Å². The highest BCUT2D eigenvalue weighted by atomic mass is 31.2. The number of unbranched alkanes of at least 4 members (excludes halogenated alkanes) is 24. The number of allylic oxidation sites excluding steroid dienone is 2. The molecule has 2 unspecified atom stereocenters. The molecule has 2 atom stereocenters. The third kappa shape index (κ3) is 36.5. The van der Waals surface area contributed by atoms with Crippen LogP contribution >= 0.6 is 7.82 Å². The van der Waals surface area contributed by atoms with Crippen molar-refractivity contribution in [3.8, 4) is 0 Å². The Hall–Kier alpha value is -1.25. The molecule has 0 heterocycles. The van der Waals surface area contributed by atoms with Crippen LogP contribution in [0.5, 0.6) is 0 Å². The van der Waals surface area contributed by atoms with E-state index in [0.29, 0.717) is 6.42 Å². The normalized spacial score (nSPS) is 13.4. The molecule has 296 valence electrons. The van der Waals surface area contributed by atoms with Crippen LogP contribution < -0.4 is 5.73 Å². The van der Waals surface area contributed by atoms with Crippen LogP contribution in [0.1, 0.15) is 200 Å². The van der Waals surface area contributed by atoms with Gasteiger partial charge in [-0.25, -0.2) is 4.57 Å². The molecule has 0 amide bonds. The van der Waals surface area contributed by atoms with Gasteiger partial charge in [0.05, 0.1) is 13.2 Å². The Morgan fingerprint density at radius 2 is 0.980 bits per heavy atom. The van der Waals surface area contributed by atoms with Gasteiger partial charge in [-0.2, -0.15) is 0 Å². The SMILES string of the molecule is CCCCCCCC/C=C\CCCCCCCCCC(=O)OC(COC(=O)CCCCCCCCCCCCCC)COP(=O)(O)OCCN. The fourth-order valence-electron chi connectivity index (χ4n) is 5.81. The van der Waals surface area contributed by atoms with Crippen molar-refractivity contribution in [3.05, 3.63) is 12.2 Å². The molecule has 50 heavy (non-hydrogen) atoms. The van der Waals surface area contributed by atoms with E-state index in [1.165, 1.54) is 122 Å². The highest BCUT2D eigenvalue weighted by molar-refractivity contribution is 7.47. The van der Waals surface area contributed by atoms with Crippen molar-refractivity contribution in [2.24, 2.45) is 5.73 Å². The first kappa shape index (κ1) is 48.8. The topological polar surface area (TPSA) is 134 Å². The number of hydrogen-bond donors (Lipinski definition) is 2. The number of nitrogens with two attached hydrogens (primary N) is 1. The van der Waals surface area contributed by atoms with Crippen molar-refractivity contribution >= 4 is 19.8 Å². The van der Waals surface area contributed by atoms with Crippen molar-refractivity contribution in [2.45, 2.75) is 206 Å². The lowest BCUT2D eigenvalue weighted by Crippen LogP contribution is -2.29. The van der Waals surface area contributed by atoms with Gasteiger partial charge in [0.2, 0.25) is 0 Å². The fraction of sp³-hybridized carbons (Fsp3) is 0.900. The highest BCUT2D eigenvalue weighted by Crippen LogP contribution is 2.43. The maximum absolute atomic E-state index is 12.5. The van der Waals surface area contributed by atoms with Crippen molar-refractivity contribution in [2.75, 3.05) is 26.4 Å². The molecule has 0 aliphatic heterocycles. The molecule has 0 saturated heterocycles. The second kappa shape index (κ2) is 37.5. The molecule has 0 radical (unpaired) electrons. The Balaban J connectivity index is 4.15. The van der Waals surface area contributed by atoms with E-state index in [2.05, 4.69) is 26.0 Å². The molecule has 0 bridgehead atoms. The van der Waals surface area contributed by atoms with Gasteiger partial charge in [-0.3, -0.25) is 18.6 Å². The van der Waals surface area contributed by atoms with Gasteiger partial charge in [0.15, 0.2) is 6.10 Å². The van der Waals surface area contributed by atoms with Crippen molar-refractivity contribution < 1.29 is 37.6 Å². The van der Waals surface area contributed by atoms with Crippen LogP contribution in [0.15, 0.2) is 12.2 Å². The Kier molecular flexibility index (Phi) is 36.6. The summed E-state index contributed by atoms with van der Waals surface area (Å²) in [5.74, 6) is -0.826. The minimum atomic E-state index is -4.37. The number of carbonyl (C=O) groups is 2. The second-order valence-electron chi connectivity index (χ2n) is 13.9. The second-order valence-corrected chi connectivity index (χ2v) is 15.3. The predicted octanol–water partition coefficient (Wildman–Crippen LogP) is 11.4. The van der Waals surface area contributed by atoms with Gasteiger partial charge in [-0.05, 0) is 38.5 Å². The smallest absolute Gasteiger partial charge is 0.462 e. The molecule has 0 fully saturated rings. The van der Waals surface area contributed by atoms with E-state index in [1.807, 2.05) is 0 Å². The number of hydrogen-bond acceptors (Lipinski definition) is 8. The average Bonchev–Trinajstić information content (AvgIpc) is 3.10. The van der Waals surface area contributed by atoms with Crippen LogP contribution in [0.2, 0.25) is 0 Å². The molecule has 10 heteroatoms. The molecule has 0 aromatic rings. The summed E-state index contributed by atoms with van der Waals surface area (Å²) in [6.07, 6.45) is 36.6. The standard InChI is InChI=1S/C40H78NO8P/c1-3-5-7-9-11-13-15-17-18-19-20-21-23-25-27-29-31-33-40(43)49-38(37-48-50(44,45)47-35-34-41)36-46-39(42)32-30-28-26-24-22-16-14-12-10-8-6-4-2/h17-18,38H,3-16,19-37,41H2,1-2H3,(H,44,45)/b18-17-. The van der Waals surface area contributed by atoms with Gasteiger partial charge in [-0.1, -0.05) is 161 Å². The summed E-state index contributed by atoms with van der Waals surface area (Å²) in [6.45, 7) is 3.73. The Labute approximate surface area is 307 Å². The third-order valence-electron chi connectivity index (χ3n) is 8.90. The molecule has 0 aromatic carbocycles. The number of ether oxygens (including phenoxy) is 2. The van der Waals surface area contributed by atoms with E-state index in [0.717, 1.165) is 44.9 Å². The third-order valence-corrected chi connectivity index (χ3v) is 9.89. The summed E-state index contributed by atoms with van der Waals surface area (Å²) in [6, 6.07) is 0. The van der Waals surface area contributed by atoms with Gasteiger partial charge in [0, 0.05) is 19.4 Å². The van der Waals surface area contributed by atoms with Gasteiger partial charge in [0.25, 0.3) is 0 Å². The Bertz CT molecular complexity index is 840. The molecule has 0 saturated carbocycles. The van der Waals surface area contributed by atoms with E-state index in [4.69, 9.17) is 24.3 Å². The molecule has 0 aromatic heterocycles. The van der Waals surface area contributed by atoms with Crippen molar-refractivity contribution in [3.63, 3.8) is 0 Å². The number of phosphoric ester groups is 1. The lowest BCUT2D eigenvalue weighted by molar-refractivity contribution is -0.161. The van der Waals surface area contributed by atoms with Crippen LogP contribution in [-0.2, 0) is 32.7 Å². The number of phosphoric acid groups is 1. The Morgan fingerprint density at radius 1 is 0.580 bits per heavy atom. The molecule has 0 aliphatic rings. The first-order valence-corrected chi connectivity index (χ1v) is 22.2. The number of carbonyl (C=O) groups excluding carboxylic acids is 2. The van der Waals surface area contributed by atoms with E-state index in [9.17, 15) is 19.0 Å². The van der Waals surface area contributed by atoms with E-state index in [-0.39, 0.29) is 38.6 Å². The molecular weight excluding hydrogens is 653 g/mol. The monoisotopic (exact) mass is 732 g/mol. The van der Waals surface area contributed by atoms with Gasteiger partial charge in [-0.15, -0.1) is 0 Å². The number of esters is 2. The summed E-state index contributed by atoms with van der Waals surface area (Å²) in [4.78, 5) is 34.8. The van der Waals surface area contributed by atoms with Crippen molar-refractivity contribution in [1.29, 1.82) is 0 Å². The first-order chi connectivity index (χ1) is 24.3.